The first-order chi connectivity index (χ1) is 12.5. The van der Waals surface area contributed by atoms with E-state index >= 15 is 0 Å². The van der Waals surface area contributed by atoms with Crippen LogP contribution in [0.4, 0.5) is 13.2 Å². The van der Waals surface area contributed by atoms with Crippen molar-refractivity contribution in [1.82, 2.24) is 20.5 Å². The zero-order valence-corrected chi connectivity index (χ0v) is 14.4. The van der Waals surface area contributed by atoms with Crippen molar-refractivity contribution < 1.29 is 17.9 Å². The first-order valence-corrected chi connectivity index (χ1v) is 8.82. The Morgan fingerprint density at radius 1 is 1.19 bits per heavy atom. The molecule has 2 heterocycles. The topological polar surface area (TPSA) is 62.8 Å². The normalized spacial score (nSPS) is 28.5. The molecule has 0 radical (unpaired) electrons. The predicted octanol–water partition coefficient (Wildman–Crippen LogP) is 3.41. The van der Waals surface area contributed by atoms with Gasteiger partial charge in [0.05, 0.1) is 0 Å². The van der Waals surface area contributed by atoms with Gasteiger partial charge in [0.2, 0.25) is 0 Å². The number of piperidine rings is 1. The fourth-order valence-corrected chi connectivity index (χ4v) is 4.68. The highest BCUT2D eigenvalue weighted by Gasteiger charge is 2.51. The molecule has 26 heavy (non-hydrogen) atoms. The van der Waals surface area contributed by atoms with Crippen molar-refractivity contribution in [3.8, 4) is 11.4 Å². The van der Waals surface area contributed by atoms with Crippen LogP contribution < -0.4 is 5.32 Å². The molecule has 1 aromatic carbocycles. The van der Waals surface area contributed by atoms with E-state index in [1.54, 1.807) is 13.2 Å². The molecule has 2 N–H and O–H groups in total. The van der Waals surface area contributed by atoms with Crippen molar-refractivity contribution in [2.45, 2.75) is 31.3 Å². The Kier molecular flexibility index (Phi) is 4.48. The van der Waals surface area contributed by atoms with Gasteiger partial charge in [-0.05, 0) is 36.6 Å². The van der Waals surface area contributed by atoms with E-state index in [0.29, 0.717) is 5.56 Å². The summed E-state index contributed by atoms with van der Waals surface area (Å²) in [6, 6.07) is 4.54. The van der Waals surface area contributed by atoms with Gasteiger partial charge >= 0.3 is 0 Å². The maximum atomic E-state index is 14.4. The zero-order valence-electron chi connectivity index (χ0n) is 14.4. The van der Waals surface area contributed by atoms with Crippen LogP contribution in [0.3, 0.4) is 0 Å². The lowest BCUT2D eigenvalue weighted by atomic mass is 9.62. The number of ether oxygens (including phenoxy) is 1. The third kappa shape index (κ3) is 2.72. The number of methoxy groups -OCH3 is 1. The fraction of sp³-hybridized carbons (Fsp3) is 0.556. The summed E-state index contributed by atoms with van der Waals surface area (Å²) in [5, 5.41) is 9.47. The lowest BCUT2D eigenvalue weighted by Crippen LogP contribution is -2.57. The van der Waals surface area contributed by atoms with Crippen molar-refractivity contribution in [2.24, 2.45) is 11.8 Å². The third-order valence-electron chi connectivity index (χ3n) is 5.75. The van der Waals surface area contributed by atoms with Gasteiger partial charge in [0.25, 0.3) is 6.43 Å². The predicted molar refractivity (Wildman–Crippen MR) is 89.1 cm³/mol. The number of alkyl halides is 2. The number of fused-ring (bicyclic) bond motifs is 2. The summed E-state index contributed by atoms with van der Waals surface area (Å²) < 4.78 is 46.0. The molecular weight excluding hydrogens is 345 g/mol. The maximum absolute atomic E-state index is 14.4. The van der Waals surface area contributed by atoms with E-state index in [9.17, 15) is 13.2 Å². The van der Waals surface area contributed by atoms with Crippen molar-refractivity contribution in [3.63, 3.8) is 0 Å². The third-order valence-corrected chi connectivity index (χ3v) is 5.75. The lowest BCUT2D eigenvalue weighted by Gasteiger charge is -2.52. The number of aromatic amines is 1. The molecule has 8 heteroatoms. The van der Waals surface area contributed by atoms with Crippen LogP contribution in [0, 0.1) is 17.7 Å². The average Bonchev–Trinajstić information content (AvgIpc) is 3.10. The maximum Gasteiger partial charge on any atom is 0.296 e. The quantitative estimate of drug-likeness (QED) is 0.871. The minimum Gasteiger partial charge on any atom is -0.373 e. The standard InChI is InChI=1S/C18H21F3N4O/c1-26-18(11-3-2-4-12(18)9-22-8-11)13-5-10(6-14(19)7-13)16-23-17(15(20)21)25-24-16/h5-7,11-12,15,22H,2-4,8-9H2,1H3,(H,23,24,25). The largest absolute Gasteiger partial charge is 0.373 e. The molecule has 2 unspecified atom stereocenters. The van der Waals surface area contributed by atoms with Crippen molar-refractivity contribution in [2.75, 3.05) is 20.2 Å². The summed E-state index contributed by atoms with van der Waals surface area (Å²) in [6.45, 7) is 1.62. The van der Waals surface area contributed by atoms with E-state index in [1.165, 1.54) is 12.1 Å². The fourth-order valence-electron chi connectivity index (χ4n) is 4.68. The highest BCUT2D eigenvalue weighted by atomic mass is 19.3. The molecule has 2 aliphatic rings. The Balaban J connectivity index is 1.80. The Morgan fingerprint density at radius 3 is 2.54 bits per heavy atom. The molecule has 2 atom stereocenters. The first-order valence-electron chi connectivity index (χ1n) is 8.82. The molecule has 1 aromatic heterocycles. The SMILES string of the molecule is COC1(c2cc(F)cc(-c3n[nH]c(C(F)F)n3)c2)C2CCCC1CNC2. The molecule has 2 aromatic rings. The van der Waals surface area contributed by atoms with E-state index < -0.39 is 23.7 Å². The van der Waals surface area contributed by atoms with Crippen LogP contribution in [-0.2, 0) is 10.3 Å². The number of rotatable bonds is 4. The summed E-state index contributed by atoms with van der Waals surface area (Å²) >= 11 is 0. The van der Waals surface area contributed by atoms with E-state index in [-0.39, 0.29) is 17.7 Å². The lowest BCUT2D eigenvalue weighted by molar-refractivity contribution is -0.144. The monoisotopic (exact) mass is 366 g/mol. The van der Waals surface area contributed by atoms with E-state index in [2.05, 4.69) is 20.5 Å². The summed E-state index contributed by atoms with van der Waals surface area (Å²) in [5.74, 6) is -0.442. The number of nitrogens with zero attached hydrogens (tertiary/aromatic N) is 2. The summed E-state index contributed by atoms with van der Waals surface area (Å²) in [6.07, 6.45) is 0.375. The van der Waals surface area contributed by atoms with Crippen LogP contribution in [0.15, 0.2) is 18.2 Å². The van der Waals surface area contributed by atoms with Crippen molar-refractivity contribution >= 4 is 0 Å². The molecule has 1 aliphatic heterocycles. The molecule has 140 valence electrons. The molecule has 5 nitrogen and oxygen atoms in total. The first kappa shape index (κ1) is 17.5. The number of aromatic nitrogens is 3. The minimum atomic E-state index is -2.75. The second-order valence-electron chi connectivity index (χ2n) is 7.05. The van der Waals surface area contributed by atoms with Crippen LogP contribution in [0.25, 0.3) is 11.4 Å². The molecular formula is C18H21F3N4O. The van der Waals surface area contributed by atoms with E-state index in [4.69, 9.17) is 4.74 Å². The molecule has 2 bridgehead atoms. The number of benzene rings is 1. The number of halogens is 3. The summed E-state index contributed by atoms with van der Waals surface area (Å²) in [7, 11) is 1.67. The number of nitrogens with one attached hydrogen (secondary N) is 2. The van der Waals surface area contributed by atoms with Crippen LogP contribution in [0.1, 0.15) is 37.1 Å². The molecule has 1 saturated heterocycles. The Labute approximate surface area is 149 Å². The molecule has 0 amide bonds. The van der Waals surface area contributed by atoms with Gasteiger partial charge in [-0.2, -0.15) is 5.10 Å². The number of hydrogen-bond acceptors (Lipinski definition) is 4. The molecule has 0 spiro atoms. The Hall–Kier alpha value is -1.93. The van der Waals surface area contributed by atoms with Crippen molar-refractivity contribution in [1.29, 1.82) is 0 Å². The van der Waals surface area contributed by atoms with Gasteiger partial charge in [0.1, 0.15) is 11.4 Å². The highest BCUT2D eigenvalue weighted by Crippen LogP contribution is 2.50. The Morgan fingerprint density at radius 2 is 1.92 bits per heavy atom. The van der Waals surface area contributed by atoms with Crippen LogP contribution in [-0.4, -0.2) is 35.4 Å². The average molecular weight is 366 g/mol. The molecule has 1 saturated carbocycles. The molecule has 1 aliphatic carbocycles. The second-order valence-corrected chi connectivity index (χ2v) is 7.05. The van der Waals surface area contributed by atoms with E-state index in [0.717, 1.165) is 37.9 Å². The van der Waals surface area contributed by atoms with Gasteiger partial charge in [0, 0.05) is 37.6 Å². The van der Waals surface area contributed by atoms with Gasteiger partial charge in [-0.1, -0.05) is 6.42 Å². The van der Waals surface area contributed by atoms with Crippen LogP contribution in [0.2, 0.25) is 0 Å². The van der Waals surface area contributed by atoms with Gasteiger partial charge < -0.3 is 10.1 Å². The number of hydrogen-bond donors (Lipinski definition) is 2. The van der Waals surface area contributed by atoms with Crippen LogP contribution in [0.5, 0.6) is 0 Å². The van der Waals surface area contributed by atoms with Crippen molar-refractivity contribution in [3.05, 3.63) is 35.4 Å². The molecule has 2 fully saturated rings. The van der Waals surface area contributed by atoms with Gasteiger partial charge in [0.15, 0.2) is 11.6 Å². The second kappa shape index (κ2) is 6.66. The zero-order chi connectivity index (χ0) is 18.3. The Bertz CT molecular complexity index is 772. The highest BCUT2D eigenvalue weighted by molar-refractivity contribution is 5.57. The number of H-pyrrole nitrogens is 1. The summed E-state index contributed by atoms with van der Waals surface area (Å²) in [4.78, 5) is 3.79. The minimum absolute atomic E-state index is 0.0615. The van der Waals surface area contributed by atoms with Gasteiger partial charge in [-0.25, -0.2) is 18.2 Å². The molecule has 4 rings (SSSR count). The summed E-state index contributed by atoms with van der Waals surface area (Å²) in [5.41, 5.74) is 0.521. The van der Waals surface area contributed by atoms with E-state index in [1.807, 2.05) is 0 Å². The van der Waals surface area contributed by atoms with Gasteiger partial charge in [-0.3, -0.25) is 5.10 Å². The smallest absolute Gasteiger partial charge is 0.296 e. The van der Waals surface area contributed by atoms with Crippen LogP contribution >= 0.6 is 0 Å². The van der Waals surface area contributed by atoms with Gasteiger partial charge in [-0.15, -0.1) is 0 Å².